The van der Waals surface area contributed by atoms with E-state index < -0.39 is 11.8 Å². The zero-order valence-corrected chi connectivity index (χ0v) is 9.99. The van der Waals surface area contributed by atoms with Gasteiger partial charge in [-0.15, -0.1) is 11.8 Å². The molecule has 0 radical (unpaired) electrons. The van der Waals surface area contributed by atoms with Gasteiger partial charge < -0.3 is 14.6 Å². The third-order valence-electron chi connectivity index (χ3n) is 1.90. The van der Waals surface area contributed by atoms with Crippen molar-refractivity contribution in [1.29, 1.82) is 0 Å². The highest BCUT2D eigenvalue weighted by Crippen LogP contribution is 2.20. The molecule has 0 saturated carbocycles. The topological polar surface area (TPSA) is 55.8 Å². The number of rotatable bonds is 6. The Kier molecular flexibility index (Phi) is 4.64. The summed E-state index contributed by atoms with van der Waals surface area (Å²) in [6, 6.07) is 8.74. The molecule has 4 nitrogen and oxygen atoms in total. The summed E-state index contributed by atoms with van der Waals surface area (Å²) in [5, 5.41) is 9.06. The number of hydrogen-bond donors (Lipinski definition) is 1. The molecule has 0 aromatic heterocycles. The third kappa shape index (κ3) is 3.43. The highest BCUT2D eigenvalue weighted by Gasteiger charge is 2.37. The van der Waals surface area contributed by atoms with Gasteiger partial charge in [0.25, 0.3) is 0 Å². The van der Waals surface area contributed by atoms with E-state index in [2.05, 4.69) is 0 Å². The van der Waals surface area contributed by atoms with E-state index in [-0.39, 0.29) is 5.94 Å². The van der Waals surface area contributed by atoms with Gasteiger partial charge in [0.1, 0.15) is 5.75 Å². The van der Waals surface area contributed by atoms with Gasteiger partial charge in [-0.05, 0) is 18.4 Å². The van der Waals surface area contributed by atoms with Crippen LogP contribution in [0.3, 0.4) is 0 Å². The number of carboxylic acids is 1. The lowest BCUT2D eigenvalue weighted by Crippen LogP contribution is -2.44. The minimum atomic E-state index is -1.65. The molecule has 0 heterocycles. The minimum absolute atomic E-state index is 0.260. The van der Waals surface area contributed by atoms with Crippen LogP contribution in [0.15, 0.2) is 30.3 Å². The summed E-state index contributed by atoms with van der Waals surface area (Å²) >= 11 is 1.39. The van der Waals surface area contributed by atoms with Gasteiger partial charge in [-0.3, -0.25) is 0 Å². The van der Waals surface area contributed by atoms with Crippen LogP contribution in [-0.2, 0) is 9.53 Å². The maximum absolute atomic E-state index is 11.1. The van der Waals surface area contributed by atoms with E-state index in [1.165, 1.54) is 18.7 Å². The SMILES string of the molecule is CSCOC(C)(Oc1ccccc1)C(=O)O. The molecule has 0 aliphatic rings. The first-order valence-electron chi connectivity index (χ1n) is 4.69. The van der Waals surface area contributed by atoms with Crippen molar-refractivity contribution in [3.63, 3.8) is 0 Å². The molecule has 0 bridgehead atoms. The Morgan fingerprint density at radius 2 is 2.06 bits per heavy atom. The number of thioether (sulfide) groups is 1. The highest BCUT2D eigenvalue weighted by molar-refractivity contribution is 7.98. The zero-order valence-electron chi connectivity index (χ0n) is 9.17. The predicted molar refractivity (Wildman–Crippen MR) is 62.6 cm³/mol. The quantitative estimate of drug-likeness (QED) is 0.775. The van der Waals surface area contributed by atoms with Gasteiger partial charge in [0.05, 0.1) is 5.94 Å². The van der Waals surface area contributed by atoms with E-state index in [4.69, 9.17) is 14.6 Å². The zero-order chi connectivity index (χ0) is 12.0. The summed E-state index contributed by atoms with van der Waals surface area (Å²) in [5.41, 5.74) is 0. The second-order valence-corrected chi connectivity index (χ2v) is 4.03. The fraction of sp³-hybridized carbons (Fsp3) is 0.364. The molecule has 1 atom stereocenters. The van der Waals surface area contributed by atoms with Crippen molar-refractivity contribution in [2.75, 3.05) is 12.2 Å². The van der Waals surface area contributed by atoms with Crippen LogP contribution in [0.5, 0.6) is 5.75 Å². The van der Waals surface area contributed by atoms with Crippen molar-refractivity contribution < 1.29 is 19.4 Å². The van der Waals surface area contributed by atoms with E-state index in [1.54, 1.807) is 24.3 Å². The molecule has 1 aromatic carbocycles. The average Bonchev–Trinajstić information content (AvgIpc) is 2.27. The fourth-order valence-corrected chi connectivity index (χ4v) is 1.36. The molecule has 1 rings (SSSR count). The summed E-state index contributed by atoms with van der Waals surface area (Å²) < 4.78 is 10.5. The summed E-state index contributed by atoms with van der Waals surface area (Å²) in [6.45, 7) is 1.39. The number of hydrogen-bond acceptors (Lipinski definition) is 4. The van der Waals surface area contributed by atoms with Crippen molar-refractivity contribution in [2.45, 2.75) is 12.7 Å². The maximum Gasteiger partial charge on any atom is 0.377 e. The van der Waals surface area contributed by atoms with Crippen LogP contribution in [0.4, 0.5) is 0 Å². The lowest BCUT2D eigenvalue weighted by Gasteiger charge is -2.25. The molecule has 0 amide bonds. The number of aliphatic carboxylic acids is 1. The second-order valence-electron chi connectivity index (χ2n) is 3.22. The first-order chi connectivity index (χ1) is 7.58. The first-order valence-corrected chi connectivity index (χ1v) is 6.08. The van der Waals surface area contributed by atoms with Crippen molar-refractivity contribution in [2.24, 2.45) is 0 Å². The molecule has 1 unspecified atom stereocenters. The fourth-order valence-electron chi connectivity index (χ4n) is 1.02. The Balaban J connectivity index is 2.75. The van der Waals surface area contributed by atoms with Gasteiger partial charge in [-0.1, -0.05) is 18.2 Å². The standard InChI is InChI=1S/C11H14O4S/c1-11(10(12)13,14-8-16-2)15-9-6-4-3-5-7-9/h3-7H,8H2,1-2H3,(H,12,13). The Morgan fingerprint density at radius 1 is 1.44 bits per heavy atom. The van der Waals surface area contributed by atoms with Gasteiger partial charge >= 0.3 is 11.8 Å². The molecule has 0 spiro atoms. The van der Waals surface area contributed by atoms with Crippen molar-refractivity contribution in [1.82, 2.24) is 0 Å². The van der Waals surface area contributed by atoms with Crippen LogP contribution >= 0.6 is 11.8 Å². The Bertz CT molecular complexity index is 341. The monoisotopic (exact) mass is 242 g/mol. The number of carboxylic acid groups (broad SMARTS) is 1. The van der Waals surface area contributed by atoms with Crippen LogP contribution in [0, 0.1) is 0 Å². The Labute approximate surface area is 98.6 Å². The average molecular weight is 242 g/mol. The predicted octanol–water partition coefficient (Wildman–Crippen LogP) is 2.20. The summed E-state index contributed by atoms with van der Waals surface area (Å²) in [7, 11) is 0. The van der Waals surface area contributed by atoms with Gasteiger partial charge in [0, 0.05) is 6.92 Å². The van der Waals surface area contributed by atoms with Gasteiger partial charge in [0.15, 0.2) is 0 Å². The first kappa shape index (κ1) is 12.9. The molecule has 1 aromatic rings. The van der Waals surface area contributed by atoms with E-state index in [0.29, 0.717) is 5.75 Å². The van der Waals surface area contributed by atoms with E-state index in [1.807, 2.05) is 12.3 Å². The van der Waals surface area contributed by atoms with E-state index >= 15 is 0 Å². The third-order valence-corrected chi connectivity index (χ3v) is 2.25. The van der Waals surface area contributed by atoms with E-state index in [0.717, 1.165) is 0 Å². The molecule has 88 valence electrons. The molecular weight excluding hydrogens is 228 g/mol. The molecular formula is C11H14O4S. The van der Waals surface area contributed by atoms with Crippen LogP contribution in [0.1, 0.15) is 6.92 Å². The smallest absolute Gasteiger partial charge is 0.377 e. The molecule has 0 aliphatic heterocycles. The minimum Gasteiger partial charge on any atom is -0.476 e. The van der Waals surface area contributed by atoms with Crippen LogP contribution in [-0.4, -0.2) is 29.1 Å². The molecule has 0 fully saturated rings. The second kappa shape index (κ2) is 5.77. The normalized spacial score (nSPS) is 14.1. The van der Waals surface area contributed by atoms with Gasteiger partial charge in [-0.25, -0.2) is 4.79 Å². The number of carbonyl (C=O) groups is 1. The van der Waals surface area contributed by atoms with Crippen LogP contribution < -0.4 is 4.74 Å². The molecule has 0 saturated heterocycles. The maximum atomic E-state index is 11.1. The highest BCUT2D eigenvalue weighted by atomic mass is 32.2. The van der Waals surface area contributed by atoms with Crippen molar-refractivity contribution in [3.8, 4) is 5.75 Å². The molecule has 5 heteroatoms. The Morgan fingerprint density at radius 3 is 2.56 bits per heavy atom. The van der Waals surface area contributed by atoms with Crippen LogP contribution in [0.2, 0.25) is 0 Å². The van der Waals surface area contributed by atoms with Crippen LogP contribution in [0.25, 0.3) is 0 Å². The molecule has 0 aliphatic carbocycles. The lowest BCUT2D eigenvalue weighted by molar-refractivity contribution is -0.199. The van der Waals surface area contributed by atoms with Gasteiger partial charge in [0.2, 0.25) is 0 Å². The number of para-hydroxylation sites is 1. The Hall–Kier alpha value is -1.20. The number of benzene rings is 1. The molecule has 16 heavy (non-hydrogen) atoms. The molecule has 1 N–H and O–H groups in total. The summed E-state index contributed by atoms with van der Waals surface area (Å²) in [4.78, 5) is 11.1. The van der Waals surface area contributed by atoms with Crippen molar-refractivity contribution >= 4 is 17.7 Å². The summed E-state index contributed by atoms with van der Waals surface area (Å²) in [5.74, 6) is -2.07. The van der Waals surface area contributed by atoms with E-state index in [9.17, 15) is 4.79 Å². The largest absolute Gasteiger partial charge is 0.476 e. The van der Waals surface area contributed by atoms with Gasteiger partial charge in [-0.2, -0.15) is 0 Å². The van der Waals surface area contributed by atoms with Crippen molar-refractivity contribution in [3.05, 3.63) is 30.3 Å². The summed E-state index contributed by atoms with van der Waals surface area (Å²) in [6.07, 6.45) is 1.82. The number of ether oxygens (including phenoxy) is 2. The lowest BCUT2D eigenvalue weighted by atomic mass is 10.3.